The Labute approximate surface area is 145 Å². The third-order valence-corrected chi connectivity index (χ3v) is 4.13. The fourth-order valence-electron chi connectivity index (χ4n) is 2.09. The molecule has 0 aromatic heterocycles. The van der Waals surface area contributed by atoms with Gasteiger partial charge in [0.1, 0.15) is 5.75 Å². The van der Waals surface area contributed by atoms with Crippen molar-refractivity contribution in [3.63, 3.8) is 0 Å². The first kappa shape index (κ1) is 17.9. The maximum absolute atomic E-state index is 12.3. The van der Waals surface area contributed by atoms with Crippen LogP contribution in [0.3, 0.4) is 0 Å². The third kappa shape index (κ3) is 4.52. The first-order valence-corrected chi connectivity index (χ1v) is 8.75. The van der Waals surface area contributed by atoms with Crippen LogP contribution in [0.4, 0.5) is 0 Å². The molecule has 0 aliphatic carbocycles. The van der Waals surface area contributed by atoms with Gasteiger partial charge in [0.15, 0.2) is 0 Å². The molecule has 0 fully saturated rings. The van der Waals surface area contributed by atoms with Crippen molar-refractivity contribution in [3.8, 4) is 5.75 Å². The van der Waals surface area contributed by atoms with E-state index in [-0.39, 0.29) is 11.8 Å². The summed E-state index contributed by atoms with van der Waals surface area (Å²) in [4.78, 5) is 25.3. The zero-order valence-corrected chi connectivity index (χ0v) is 14.7. The molecule has 0 heterocycles. The van der Waals surface area contributed by atoms with Gasteiger partial charge in [-0.3, -0.25) is 20.4 Å². The van der Waals surface area contributed by atoms with E-state index in [4.69, 9.17) is 4.74 Å². The van der Waals surface area contributed by atoms with Gasteiger partial charge in [-0.15, -0.1) is 11.8 Å². The minimum Gasteiger partial charge on any atom is -0.494 e. The highest BCUT2D eigenvalue weighted by atomic mass is 32.2. The lowest BCUT2D eigenvalue weighted by molar-refractivity contribution is 0.0846. The Bertz CT molecular complexity index is 730. The van der Waals surface area contributed by atoms with Crippen LogP contribution in [-0.2, 0) is 0 Å². The topological polar surface area (TPSA) is 67.4 Å². The van der Waals surface area contributed by atoms with Crippen LogP contribution < -0.4 is 15.6 Å². The highest BCUT2D eigenvalue weighted by Crippen LogP contribution is 2.19. The quantitative estimate of drug-likeness (QED) is 0.646. The van der Waals surface area contributed by atoms with Crippen molar-refractivity contribution in [2.45, 2.75) is 18.7 Å². The predicted octanol–water partition coefficient (Wildman–Crippen LogP) is 3.19. The van der Waals surface area contributed by atoms with Crippen LogP contribution in [0.15, 0.2) is 47.4 Å². The summed E-state index contributed by atoms with van der Waals surface area (Å²) in [5.41, 5.74) is 6.70. The summed E-state index contributed by atoms with van der Waals surface area (Å²) in [7, 11) is 0. The molecule has 0 aliphatic rings. The monoisotopic (exact) mass is 344 g/mol. The van der Waals surface area contributed by atoms with Gasteiger partial charge in [-0.05, 0) is 62.1 Å². The maximum atomic E-state index is 12.3. The van der Waals surface area contributed by atoms with E-state index in [0.717, 1.165) is 10.5 Å². The number of hydrogen-bond donors (Lipinski definition) is 2. The van der Waals surface area contributed by atoms with Crippen molar-refractivity contribution in [1.82, 2.24) is 10.9 Å². The molecule has 0 saturated carbocycles. The number of benzene rings is 2. The highest BCUT2D eigenvalue weighted by Gasteiger charge is 2.12. The molecule has 0 aliphatic heterocycles. The molecule has 0 atom stereocenters. The van der Waals surface area contributed by atoms with Gasteiger partial charge < -0.3 is 4.74 Å². The van der Waals surface area contributed by atoms with E-state index in [1.165, 1.54) is 0 Å². The molecule has 5 nitrogen and oxygen atoms in total. The molecule has 0 saturated heterocycles. The lowest BCUT2D eigenvalue weighted by atomic mass is 10.1. The summed E-state index contributed by atoms with van der Waals surface area (Å²) in [6.45, 7) is 4.31. The molecule has 0 unspecified atom stereocenters. The van der Waals surface area contributed by atoms with E-state index in [1.54, 1.807) is 42.1 Å². The molecule has 2 amide bonds. The Hall–Kier alpha value is -2.47. The standard InChI is InChI=1S/C18H20N2O3S/c1-4-23-14-8-6-13(7-9-14)17(21)19-20-18(22)16-11-15(24-3)10-5-12(16)2/h5-11H,4H2,1-3H3,(H,19,21)(H,20,22). The molecule has 0 spiro atoms. The molecule has 6 heteroatoms. The average Bonchev–Trinajstić information content (AvgIpc) is 2.60. The predicted molar refractivity (Wildman–Crippen MR) is 95.5 cm³/mol. The van der Waals surface area contributed by atoms with Crippen LogP contribution in [-0.4, -0.2) is 24.7 Å². The SMILES string of the molecule is CCOc1ccc(C(=O)NNC(=O)c2cc(SC)ccc2C)cc1. The fourth-order valence-corrected chi connectivity index (χ4v) is 2.53. The minimum absolute atomic E-state index is 0.345. The lowest BCUT2D eigenvalue weighted by Gasteiger charge is -2.10. The van der Waals surface area contributed by atoms with Crippen LogP contribution in [0.1, 0.15) is 33.2 Å². The number of thioether (sulfide) groups is 1. The summed E-state index contributed by atoms with van der Waals surface area (Å²) >= 11 is 1.56. The van der Waals surface area contributed by atoms with Gasteiger partial charge in [-0.2, -0.15) is 0 Å². The number of aryl methyl sites for hydroxylation is 1. The van der Waals surface area contributed by atoms with Gasteiger partial charge in [0, 0.05) is 16.0 Å². The number of hydrazine groups is 1. The van der Waals surface area contributed by atoms with Crippen LogP contribution in [0.25, 0.3) is 0 Å². The van der Waals surface area contributed by atoms with Crippen molar-refractivity contribution in [2.75, 3.05) is 12.9 Å². The molecule has 0 radical (unpaired) electrons. The first-order valence-electron chi connectivity index (χ1n) is 7.53. The summed E-state index contributed by atoms with van der Waals surface area (Å²) in [6.07, 6.45) is 1.94. The van der Waals surface area contributed by atoms with E-state index in [1.807, 2.05) is 32.2 Å². The van der Waals surface area contributed by atoms with Gasteiger partial charge >= 0.3 is 0 Å². The summed E-state index contributed by atoms with van der Waals surface area (Å²) in [5.74, 6) is -0.0321. The number of nitrogens with one attached hydrogen (secondary N) is 2. The van der Waals surface area contributed by atoms with E-state index in [2.05, 4.69) is 10.9 Å². The van der Waals surface area contributed by atoms with Crippen molar-refractivity contribution < 1.29 is 14.3 Å². The smallest absolute Gasteiger partial charge is 0.270 e. The molecular formula is C18H20N2O3S. The highest BCUT2D eigenvalue weighted by molar-refractivity contribution is 7.98. The maximum Gasteiger partial charge on any atom is 0.270 e. The zero-order chi connectivity index (χ0) is 17.5. The van der Waals surface area contributed by atoms with E-state index >= 15 is 0 Å². The number of amides is 2. The van der Waals surface area contributed by atoms with Crippen molar-refractivity contribution >= 4 is 23.6 Å². The average molecular weight is 344 g/mol. The second-order valence-corrected chi connectivity index (χ2v) is 5.93. The van der Waals surface area contributed by atoms with Crippen LogP contribution in [0.2, 0.25) is 0 Å². The van der Waals surface area contributed by atoms with Gasteiger partial charge in [0.25, 0.3) is 11.8 Å². The Balaban J connectivity index is 1.99. The minimum atomic E-state index is -0.384. The second kappa shape index (κ2) is 8.40. The normalized spacial score (nSPS) is 10.1. The Morgan fingerprint density at radius 3 is 2.33 bits per heavy atom. The van der Waals surface area contributed by atoms with E-state index in [9.17, 15) is 9.59 Å². The van der Waals surface area contributed by atoms with Gasteiger partial charge in [0.2, 0.25) is 0 Å². The summed E-state index contributed by atoms with van der Waals surface area (Å²) in [6, 6.07) is 12.4. The van der Waals surface area contributed by atoms with Gasteiger partial charge in [-0.25, -0.2) is 0 Å². The fraction of sp³-hybridized carbons (Fsp3) is 0.222. The lowest BCUT2D eigenvalue weighted by Crippen LogP contribution is -2.41. The summed E-state index contributed by atoms with van der Waals surface area (Å²) in [5, 5.41) is 0. The number of hydrogen-bond acceptors (Lipinski definition) is 4. The van der Waals surface area contributed by atoms with Crippen LogP contribution >= 0.6 is 11.8 Å². The van der Waals surface area contributed by atoms with E-state index < -0.39 is 0 Å². The van der Waals surface area contributed by atoms with Gasteiger partial charge in [-0.1, -0.05) is 6.07 Å². The summed E-state index contributed by atoms with van der Waals surface area (Å²) < 4.78 is 5.33. The van der Waals surface area contributed by atoms with Crippen LogP contribution in [0.5, 0.6) is 5.75 Å². The number of ether oxygens (including phenoxy) is 1. The van der Waals surface area contributed by atoms with Crippen molar-refractivity contribution in [1.29, 1.82) is 0 Å². The zero-order valence-electron chi connectivity index (χ0n) is 13.9. The van der Waals surface area contributed by atoms with E-state index in [0.29, 0.717) is 23.5 Å². The third-order valence-electron chi connectivity index (χ3n) is 3.41. The molecule has 2 N–H and O–H groups in total. The first-order chi connectivity index (χ1) is 11.5. The molecule has 2 aromatic rings. The van der Waals surface area contributed by atoms with Crippen LogP contribution in [0, 0.1) is 6.92 Å². The van der Waals surface area contributed by atoms with Crippen molar-refractivity contribution in [3.05, 3.63) is 59.2 Å². The number of carbonyl (C=O) groups is 2. The molecule has 0 bridgehead atoms. The second-order valence-electron chi connectivity index (χ2n) is 5.05. The number of rotatable bonds is 5. The van der Waals surface area contributed by atoms with Crippen molar-refractivity contribution in [2.24, 2.45) is 0 Å². The molecular weight excluding hydrogens is 324 g/mol. The number of carbonyl (C=O) groups excluding carboxylic acids is 2. The molecule has 24 heavy (non-hydrogen) atoms. The largest absolute Gasteiger partial charge is 0.494 e. The Morgan fingerprint density at radius 2 is 1.71 bits per heavy atom. The molecule has 2 aromatic carbocycles. The van der Waals surface area contributed by atoms with Gasteiger partial charge in [0.05, 0.1) is 6.61 Å². The Kier molecular flexibility index (Phi) is 6.26. The Morgan fingerprint density at radius 1 is 1.04 bits per heavy atom. The molecule has 2 rings (SSSR count). The molecule has 126 valence electrons.